The van der Waals surface area contributed by atoms with Crippen LogP contribution in [-0.4, -0.2) is 17.5 Å². The van der Waals surface area contributed by atoms with Crippen LogP contribution in [0.3, 0.4) is 0 Å². The number of amides is 1. The number of carbonyl (C=O) groups is 1. The van der Waals surface area contributed by atoms with Crippen molar-refractivity contribution in [1.29, 1.82) is 0 Å². The number of carbonyl (C=O) groups excluding carboxylic acids is 1. The predicted octanol–water partition coefficient (Wildman–Crippen LogP) is 1.99. The molecule has 14 heavy (non-hydrogen) atoms. The number of hydrogen-bond donors (Lipinski definition) is 0. The molecule has 0 atom stereocenters. The fraction of sp³-hybridized carbons (Fsp3) is 0.364. The van der Waals surface area contributed by atoms with E-state index in [-0.39, 0.29) is 5.91 Å². The van der Waals surface area contributed by atoms with Crippen LogP contribution < -0.4 is 0 Å². The molecule has 3 heteroatoms. The maximum atomic E-state index is 11.0. The minimum absolute atomic E-state index is 0.0663. The van der Waals surface area contributed by atoms with Gasteiger partial charge in [0.15, 0.2) is 0 Å². The van der Waals surface area contributed by atoms with Gasteiger partial charge in [0.1, 0.15) is 6.61 Å². The SMILES string of the molecule is CCN(OCc1ccccc1)C(C)=O. The first-order chi connectivity index (χ1) is 6.74. The zero-order valence-corrected chi connectivity index (χ0v) is 8.56. The van der Waals surface area contributed by atoms with E-state index in [0.717, 1.165) is 5.56 Å². The van der Waals surface area contributed by atoms with Crippen molar-refractivity contribution in [3.05, 3.63) is 35.9 Å². The highest BCUT2D eigenvalue weighted by molar-refractivity contribution is 5.71. The Bertz CT molecular complexity index is 285. The second-order valence-corrected chi connectivity index (χ2v) is 2.97. The second-order valence-electron chi connectivity index (χ2n) is 2.97. The largest absolute Gasteiger partial charge is 0.273 e. The van der Waals surface area contributed by atoms with E-state index in [0.29, 0.717) is 13.2 Å². The number of nitrogens with zero attached hydrogens (tertiary/aromatic N) is 1. The molecular weight excluding hydrogens is 178 g/mol. The van der Waals surface area contributed by atoms with Gasteiger partial charge in [0, 0.05) is 13.5 Å². The molecule has 0 spiro atoms. The summed E-state index contributed by atoms with van der Waals surface area (Å²) in [7, 11) is 0. The predicted molar refractivity (Wildman–Crippen MR) is 54.3 cm³/mol. The molecule has 3 nitrogen and oxygen atoms in total. The molecule has 0 bridgehead atoms. The van der Waals surface area contributed by atoms with E-state index in [9.17, 15) is 4.79 Å². The lowest BCUT2D eigenvalue weighted by Crippen LogP contribution is -2.28. The summed E-state index contributed by atoms with van der Waals surface area (Å²) in [6.07, 6.45) is 0. The van der Waals surface area contributed by atoms with Crippen LogP contribution in [0.25, 0.3) is 0 Å². The standard InChI is InChI=1S/C11H15NO2/c1-3-12(10(2)13)14-9-11-7-5-4-6-8-11/h4-8H,3,9H2,1-2H3. The lowest BCUT2D eigenvalue weighted by molar-refractivity contribution is -0.187. The Kier molecular flexibility index (Phi) is 4.13. The lowest BCUT2D eigenvalue weighted by atomic mass is 10.2. The normalized spacial score (nSPS) is 9.86. The van der Waals surface area contributed by atoms with Gasteiger partial charge in [-0.3, -0.25) is 9.63 Å². The molecule has 0 aromatic heterocycles. The van der Waals surface area contributed by atoms with Crippen molar-refractivity contribution >= 4 is 5.91 Å². The first-order valence-electron chi connectivity index (χ1n) is 4.69. The fourth-order valence-electron chi connectivity index (χ4n) is 1.13. The Labute approximate surface area is 84.2 Å². The van der Waals surface area contributed by atoms with Crippen LogP contribution in [0.2, 0.25) is 0 Å². The van der Waals surface area contributed by atoms with E-state index >= 15 is 0 Å². The molecule has 0 aliphatic carbocycles. The first kappa shape index (κ1) is 10.7. The molecule has 0 saturated carbocycles. The van der Waals surface area contributed by atoms with Crippen molar-refractivity contribution in [2.45, 2.75) is 20.5 Å². The summed E-state index contributed by atoms with van der Waals surface area (Å²) < 4.78 is 0. The third-order valence-corrected chi connectivity index (χ3v) is 1.87. The topological polar surface area (TPSA) is 29.5 Å². The molecular formula is C11H15NO2. The molecule has 0 radical (unpaired) electrons. The van der Waals surface area contributed by atoms with Crippen LogP contribution in [0.4, 0.5) is 0 Å². The van der Waals surface area contributed by atoms with E-state index < -0.39 is 0 Å². The Hall–Kier alpha value is -1.35. The third kappa shape index (κ3) is 3.18. The number of hydroxylamine groups is 2. The van der Waals surface area contributed by atoms with E-state index in [1.54, 1.807) is 0 Å². The fourth-order valence-corrected chi connectivity index (χ4v) is 1.13. The van der Waals surface area contributed by atoms with Crippen molar-refractivity contribution in [3.63, 3.8) is 0 Å². The maximum absolute atomic E-state index is 11.0. The Morgan fingerprint density at radius 1 is 1.36 bits per heavy atom. The molecule has 0 aliphatic heterocycles. The van der Waals surface area contributed by atoms with Crippen molar-refractivity contribution in [2.24, 2.45) is 0 Å². The molecule has 1 rings (SSSR count). The molecule has 76 valence electrons. The minimum atomic E-state index is -0.0663. The third-order valence-electron chi connectivity index (χ3n) is 1.87. The van der Waals surface area contributed by atoms with Gasteiger partial charge in [-0.05, 0) is 12.5 Å². The van der Waals surface area contributed by atoms with Crippen LogP contribution in [-0.2, 0) is 16.2 Å². The van der Waals surface area contributed by atoms with Crippen LogP contribution >= 0.6 is 0 Å². The Morgan fingerprint density at radius 2 is 2.00 bits per heavy atom. The van der Waals surface area contributed by atoms with Crippen LogP contribution in [0.5, 0.6) is 0 Å². The van der Waals surface area contributed by atoms with Crippen molar-refractivity contribution in [3.8, 4) is 0 Å². The molecule has 0 N–H and O–H groups in total. The summed E-state index contributed by atoms with van der Waals surface area (Å²) in [4.78, 5) is 16.3. The zero-order valence-electron chi connectivity index (χ0n) is 8.56. The summed E-state index contributed by atoms with van der Waals surface area (Å²) in [6, 6.07) is 9.78. The monoisotopic (exact) mass is 193 g/mol. The van der Waals surface area contributed by atoms with E-state index in [1.165, 1.54) is 12.0 Å². The van der Waals surface area contributed by atoms with Gasteiger partial charge < -0.3 is 0 Å². The van der Waals surface area contributed by atoms with Crippen LogP contribution in [0.15, 0.2) is 30.3 Å². The second kappa shape index (κ2) is 5.40. The molecule has 0 fully saturated rings. The zero-order chi connectivity index (χ0) is 10.4. The molecule has 1 aromatic rings. The van der Waals surface area contributed by atoms with Gasteiger partial charge in [-0.25, -0.2) is 5.06 Å². The van der Waals surface area contributed by atoms with E-state index in [2.05, 4.69) is 0 Å². The summed E-state index contributed by atoms with van der Waals surface area (Å²) in [5.41, 5.74) is 1.06. The smallest absolute Gasteiger partial charge is 0.242 e. The molecule has 0 unspecified atom stereocenters. The molecule has 0 heterocycles. The van der Waals surface area contributed by atoms with Gasteiger partial charge in [0.2, 0.25) is 5.91 Å². The van der Waals surface area contributed by atoms with Crippen LogP contribution in [0, 0.1) is 0 Å². The summed E-state index contributed by atoms with van der Waals surface area (Å²) >= 11 is 0. The molecule has 0 saturated heterocycles. The van der Waals surface area contributed by atoms with E-state index in [1.807, 2.05) is 37.3 Å². The van der Waals surface area contributed by atoms with E-state index in [4.69, 9.17) is 4.84 Å². The van der Waals surface area contributed by atoms with Crippen molar-refractivity contribution in [2.75, 3.05) is 6.54 Å². The molecule has 1 aromatic carbocycles. The lowest BCUT2D eigenvalue weighted by Gasteiger charge is -2.17. The minimum Gasteiger partial charge on any atom is -0.273 e. The number of rotatable bonds is 4. The highest BCUT2D eigenvalue weighted by Crippen LogP contribution is 2.02. The van der Waals surface area contributed by atoms with Crippen molar-refractivity contribution < 1.29 is 9.63 Å². The highest BCUT2D eigenvalue weighted by Gasteiger charge is 2.05. The van der Waals surface area contributed by atoms with Gasteiger partial charge >= 0.3 is 0 Å². The van der Waals surface area contributed by atoms with Gasteiger partial charge in [-0.15, -0.1) is 0 Å². The average Bonchev–Trinajstić information content (AvgIpc) is 2.20. The van der Waals surface area contributed by atoms with Crippen LogP contribution in [0.1, 0.15) is 19.4 Å². The highest BCUT2D eigenvalue weighted by atomic mass is 16.7. The summed E-state index contributed by atoms with van der Waals surface area (Å²) in [6.45, 7) is 4.39. The summed E-state index contributed by atoms with van der Waals surface area (Å²) in [5, 5.41) is 1.35. The Morgan fingerprint density at radius 3 is 2.50 bits per heavy atom. The van der Waals surface area contributed by atoms with Gasteiger partial charge in [-0.1, -0.05) is 30.3 Å². The Balaban J connectivity index is 2.44. The van der Waals surface area contributed by atoms with Crippen molar-refractivity contribution in [1.82, 2.24) is 5.06 Å². The van der Waals surface area contributed by atoms with Gasteiger partial charge in [-0.2, -0.15) is 0 Å². The first-order valence-corrected chi connectivity index (χ1v) is 4.69. The maximum Gasteiger partial charge on any atom is 0.242 e. The number of benzene rings is 1. The van der Waals surface area contributed by atoms with Gasteiger partial charge in [0.25, 0.3) is 0 Å². The average molecular weight is 193 g/mol. The molecule has 0 aliphatic rings. The van der Waals surface area contributed by atoms with Gasteiger partial charge in [0.05, 0.1) is 0 Å². The molecule has 1 amide bonds. The number of hydrogen-bond acceptors (Lipinski definition) is 2. The quantitative estimate of drug-likeness (QED) is 0.684. The summed E-state index contributed by atoms with van der Waals surface area (Å²) in [5.74, 6) is -0.0663.